The first-order valence-corrected chi connectivity index (χ1v) is 12.4. The minimum Gasteiger partial charge on any atom is -0.376 e. The van der Waals surface area contributed by atoms with Crippen molar-refractivity contribution < 1.29 is 14.2 Å². The van der Waals surface area contributed by atoms with Crippen molar-refractivity contribution in [3.05, 3.63) is 33.3 Å². The lowest BCUT2D eigenvalue weighted by Crippen LogP contribution is -2.50. The van der Waals surface area contributed by atoms with Crippen molar-refractivity contribution in [2.75, 3.05) is 33.0 Å². The summed E-state index contributed by atoms with van der Waals surface area (Å²) in [6, 6.07) is 2.85. The highest BCUT2D eigenvalue weighted by atomic mass is 32.1. The number of likely N-dealkylation sites (tertiary alicyclic amines) is 1. The van der Waals surface area contributed by atoms with E-state index < -0.39 is 0 Å². The van der Waals surface area contributed by atoms with E-state index in [0.717, 1.165) is 51.1 Å². The van der Waals surface area contributed by atoms with E-state index in [1.807, 2.05) is 16.0 Å². The second-order valence-electron chi connectivity index (χ2n) is 9.53. The standard InChI is InChI=1S/C23H34N4O3S/c1-4-19-11-20-21(31-19)5-8-30-23(20)6-7-26(17(2)12-23)13-18-14-27(25-24-18)15-22(3)16-28-9-10-29-22/h11,14,17H,4-10,12-13,15-16H2,1-3H3/t17-,22?,23+/m0/s1. The van der Waals surface area contributed by atoms with Crippen molar-refractivity contribution in [2.24, 2.45) is 0 Å². The number of aromatic nitrogens is 3. The second kappa shape index (κ2) is 8.56. The third kappa shape index (κ3) is 4.33. The molecule has 1 spiro atoms. The van der Waals surface area contributed by atoms with Crippen molar-refractivity contribution in [3.63, 3.8) is 0 Å². The van der Waals surface area contributed by atoms with E-state index in [2.05, 4.69) is 48.2 Å². The number of aryl methyl sites for hydroxylation is 1. The van der Waals surface area contributed by atoms with Gasteiger partial charge in [0.2, 0.25) is 0 Å². The Morgan fingerprint density at radius 2 is 2.16 bits per heavy atom. The van der Waals surface area contributed by atoms with Crippen LogP contribution in [0.2, 0.25) is 0 Å². The van der Waals surface area contributed by atoms with Gasteiger partial charge < -0.3 is 14.2 Å². The Hall–Kier alpha value is -1.32. The molecule has 2 aromatic heterocycles. The number of ether oxygens (including phenoxy) is 3. The van der Waals surface area contributed by atoms with Crippen LogP contribution in [0.25, 0.3) is 0 Å². The number of piperidine rings is 1. The Bertz CT molecular complexity index is 907. The minimum absolute atomic E-state index is 0.0993. The molecule has 2 saturated heterocycles. The fourth-order valence-corrected chi connectivity index (χ4v) is 6.50. The number of nitrogens with zero attached hydrogens (tertiary/aromatic N) is 4. The Balaban J connectivity index is 1.24. The van der Waals surface area contributed by atoms with Gasteiger partial charge in [-0.25, -0.2) is 4.68 Å². The van der Waals surface area contributed by atoms with E-state index in [0.29, 0.717) is 32.4 Å². The molecule has 2 fully saturated rings. The maximum Gasteiger partial charge on any atom is 0.108 e. The van der Waals surface area contributed by atoms with Gasteiger partial charge in [-0.2, -0.15) is 0 Å². The van der Waals surface area contributed by atoms with Crippen molar-refractivity contribution in [1.82, 2.24) is 19.9 Å². The molecule has 170 valence electrons. The Morgan fingerprint density at radius 1 is 1.26 bits per heavy atom. The normalized spacial score (nSPS) is 31.8. The van der Waals surface area contributed by atoms with E-state index in [9.17, 15) is 0 Å². The molecule has 3 atom stereocenters. The molecule has 8 heteroatoms. The molecule has 3 aliphatic rings. The summed E-state index contributed by atoms with van der Waals surface area (Å²) >= 11 is 1.99. The van der Waals surface area contributed by atoms with Gasteiger partial charge >= 0.3 is 0 Å². The highest BCUT2D eigenvalue weighted by Crippen LogP contribution is 2.46. The minimum atomic E-state index is -0.331. The molecule has 0 N–H and O–H groups in total. The fourth-order valence-electron chi connectivity index (χ4n) is 5.32. The van der Waals surface area contributed by atoms with Crippen LogP contribution in [0.1, 0.15) is 54.6 Å². The quantitative estimate of drug-likeness (QED) is 0.703. The van der Waals surface area contributed by atoms with Gasteiger partial charge in [0.25, 0.3) is 0 Å². The molecule has 1 unspecified atom stereocenters. The molecule has 0 aliphatic carbocycles. The monoisotopic (exact) mass is 446 g/mol. The first-order valence-electron chi connectivity index (χ1n) is 11.6. The predicted octanol–water partition coefficient (Wildman–Crippen LogP) is 3.16. The second-order valence-corrected chi connectivity index (χ2v) is 10.7. The highest BCUT2D eigenvalue weighted by Gasteiger charge is 2.44. The van der Waals surface area contributed by atoms with E-state index in [1.54, 1.807) is 4.88 Å². The summed E-state index contributed by atoms with van der Waals surface area (Å²) in [4.78, 5) is 5.56. The summed E-state index contributed by atoms with van der Waals surface area (Å²) in [5.41, 5.74) is 2.05. The van der Waals surface area contributed by atoms with E-state index in [1.165, 1.54) is 10.4 Å². The third-order valence-corrected chi connectivity index (χ3v) is 8.33. The van der Waals surface area contributed by atoms with E-state index in [-0.39, 0.29) is 11.2 Å². The molecular formula is C23H34N4O3S. The summed E-state index contributed by atoms with van der Waals surface area (Å²) in [7, 11) is 0. The van der Waals surface area contributed by atoms with Crippen LogP contribution < -0.4 is 0 Å². The molecule has 0 saturated carbocycles. The summed E-state index contributed by atoms with van der Waals surface area (Å²) in [6.45, 7) is 11.9. The van der Waals surface area contributed by atoms with Gasteiger partial charge in [-0.05, 0) is 44.7 Å². The van der Waals surface area contributed by atoms with Crippen LogP contribution in [0.15, 0.2) is 12.3 Å². The van der Waals surface area contributed by atoms with Crippen LogP contribution in [0.3, 0.4) is 0 Å². The lowest BCUT2D eigenvalue weighted by atomic mass is 9.79. The third-order valence-electron chi connectivity index (χ3n) is 6.99. The first-order chi connectivity index (χ1) is 15.0. The predicted molar refractivity (Wildman–Crippen MR) is 119 cm³/mol. The van der Waals surface area contributed by atoms with Crippen molar-refractivity contribution >= 4 is 11.3 Å². The Morgan fingerprint density at radius 3 is 2.94 bits per heavy atom. The molecule has 0 radical (unpaired) electrons. The topological polar surface area (TPSA) is 61.6 Å². The summed E-state index contributed by atoms with van der Waals surface area (Å²) < 4.78 is 19.9. The van der Waals surface area contributed by atoms with Crippen LogP contribution in [-0.2, 0) is 45.7 Å². The lowest BCUT2D eigenvalue weighted by molar-refractivity contribution is -0.155. The van der Waals surface area contributed by atoms with Crippen LogP contribution in [-0.4, -0.2) is 64.5 Å². The summed E-state index contributed by atoms with van der Waals surface area (Å²) in [5.74, 6) is 0. The SMILES string of the molecule is CCc1cc2c(s1)CCO[C@@]21CCN(Cc2cn(CC3(C)COCCO3)nn2)[C@@H](C)C1. The van der Waals surface area contributed by atoms with Crippen molar-refractivity contribution in [2.45, 2.75) is 76.8 Å². The Labute approximate surface area is 188 Å². The molecule has 0 amide bonds. The number of fused-ring (bicyclic) bond motifs is 2. The first kappa shape index (κ1) is 21.5. The number of thiophene rings is 1. The van der Waals surface area contributed by atoms with Crippen LogP contribution in [0.5, 0.6) is 0 Å². The van der Waals surface area contributed by atoms with Gasteiger partial charge in [0.05, 0.1) is 44.3 Å². The maximum absolute atomic E-state index is 6.48. The average Bonchev–Trinajstić information content (AvgIpc) is 3.38. The fraction of sp³-hybridized carbons (Fsp3) is 0.739. The molecule has 7 nitrogen and oxygen atoms in total. The van der Waals surface area contributed by atoms with Crippen LogP contribution >= 0.6 is 11.3 Å². The van der Waals surface area contributed by atoms with Gasteiger partial charge in [0, 0.05) is 41.5 Å². The molecule has 0 aromatic carbocycles. The van der Waals surface area contributed by atoms with Crippen LogP contribution in [0, 0.1) is 0 Å². The number of hydrogen-bond acceptors (Lipinski definition) is 7. The lowest BCUT2D eigenvalue weighted by Gasteiger charge is -2.47. The number of hydrogen-bond donors (Lipinski definition) is 0. The number of rotatable bonds is 5. The highest BCUT2D eigenvalue weighted by molar-refractivity contribution is 7.12. The van der Waals surface area contributed by atoms with Gasteiger partial charge in [-0.3, -0.25) is 4.90 Å². The van der Waals surface area contributed by atoms with Crippen molar-refractivity contribution in [3.8, 4) is 0 Å². The molecule has 3 aliphatic heterocycles. The van der Waals surface area contributed by atoms with Gasteiger partial charge in [0.15, 0.2) is 0 Å². The van der Waals surface area contributed by atoms with Crippen LogP contribution in [0.4, 0.5) is 0 Å². The Kier molecular flexibility index (Phi) is 5.94. The molecule has 5 rings (SSSR count). The van der Waals surface area contributed by atoms with Gasteiger partial charge in [0.1, 0.15) is 5.60 Å². The van der Waals surface area contributed by atoms with Gasteiger partial charge in [-0.1, -0.05) is 12.1 Å². The largest absolute Gasteiger partial charge is 0.376 e. The molecule has 5 heterocycles. The summed E-state index contributed by atoms with van der Waals surface area (Å²) in [6.07, 6.45) is 6.32. The maximum atomic E-state index is 6.48. The zero-order valence-corrected chi connectivity index (χ0v) is 19.7. The zero-order chi connectivity index (χ0) is 21.5. The molecule has 0 bridgehead atoms. The molecule has 31 heavy (non-hydrogen) atoms. The van der Waals surface area contributed by atoms with E-state index >= 15 is 0 Å². The molecule has 2 aromatic rings. The smallest absolute Gasteiger partial charge is 0.108 e. The van der Waals surface area contributed by atoms with Gasteiger partial charge in [-0.15, -0.1) is 16.4 Å². The molecular weight excluding hydrogens is 412 g/mol. The zero-order valence-electron chi connectivity index (χ0n) is 18.9. The van der Waals surface area contributed by atoms with E-state index in [4.69, 9.17) is 14.2 Å². The van der Waals surface area contributed by atoms with Crippen molar-refractivity contribution in [1.29, 1.82) is 0 Å². The average molecular weight is 447 g/mol. The summed E-state index contributed by atoms with van der Waals surface area (Å²) in [5, 5.41) is 8.79.